The SMILES string of the molecule is CN1CCC(C)(C)C1=O.Cl. The van der Waals surface area contributed by atoms with E-state index in [1.165, 1.54) is 0 Å². The molecule has 1 heterocycles. The van der Waals surface area contributed by atoms with Crippen LogP contribution in [0.3, 0.4) is 0 Å². The molecule has 0 aromatic carbocycles. The smallest absolute Gasteiger partial charge is 0.228 e. The van der Waals surface area contributed by atoms with Crippen LogP contribution >= 0.6 is 12.4 Å². The predicted octanol–water partition coefficient (Wildman–Crippen LogP) is 1.30. The second kappa shape index (κ2) is 2.79. The van der Waals surface area contributed by atoms with Gasteiger partial charge in [-0.15, -0.1) is 12.4 Å². The first-order chi connectivity index (χ1) is 4.04. The number of likely N-dealkylation sites (tertiary alicyclic amines) is 1. The third-order valence-corrected chi connectivity index (χ3v) is 2.00. The van der Waals surface area contributed by atoms with Crippen molar-refractivity contribution < 1.29 is 4.79 Å². The van der Waals surface area contributed by atoms with Crippen molar-refractivity contribution in [3.8, 4) is 0 Å². The van der Waals surface area contributed by atoms with Gasteiger partial charge >= 0.3 is 0 Å². The molecule has 0 aromatic heterocycles. The monoisotopic (exact) mass is 163 g/mol. The normalized spacial score (nSPS) is 22.7. The van der Waals surface area contributed by atoms with E-state index < -0.39 is 0 Å². The average molecular weight is 164 g/mol. The molecule has 2 nitrogen and oxygen atoms in total. The molecule has 0 bridgehead atoms. The molecule has 1 fully saturated rings. The minimum absolute atomic E-state index is 0. The van der Waals surface area contributed by atoms with Gasteiger partial charge in [0.1, 0.15) is 0 Å². The van der Waals surface area contributed by atoms with Crippen LogP contribution in [0.5, 0.6) is 0 Å². The Bertz CT molecular complexity index is 145. The third-order valence-electron chi connectivity index (χ3n) is 2.00. The van der Waals surface area contributed by atoms with E-state index in [4.69, 9.17) is 0 Å². The summed E-state index contributed by atoms with van der Waals surface area (Å²) in [5, 5.41) is 0. The highest BCUT2D eigenvalue weighted by Gasteiger charge is 2.36. The number of amides is 1. The van der Waals surface area contributed by atoms with Crippen molar-refractivity contribution >= 4 is 18.3 Å². The molecule has 0 radical (unpaired) electrons. The molecule has 1 amide bonds. The molecule has 0 aromatic rings. The third kappa shape index (κ3) is 1.43. The summed E-state index contributed by atoms with van der Waals surface area (Å²) in [6, 6.07) is 0. The Morgan fingerprint density at radius 1 is 1.50 bits per heavy atom. The second-order valence-corrected chi connectivity index (χ2v) is 3.36. The first kappa shape index (κ1) is 9.76. The molecule has 0 N–H and O–H groups in total. The zero-order chi connectivity index (χ0) is 7.07. The fourth-order valence-electron chi connectivity index (χ4n) is 1.17. The fourth-order valence-corrected chi connectivity index (χ4v) is 1.17. The molecule has 1 aliphatic heterocycles. The first-order valence-corrected chi connectivity index (χ1v) is 3.29. The number of halogens is 1. The van der Waals surface area contributed by atoms with E-state index in [2.05, 4.69) is 0 Å². The largest absolute Gasteiger partial charge is 0.345 e. The van der Waals surface area contributed by atoms with Crippen molar-refractivity contribution in [3.05, 3.63) is 0 Å². The van der Waals surface area contributed by atoms with Gasteiger partial charge in [-0.2, -0.15) is 0 Å². The molecule has 0 spiro atoms. The van der Waals surface area contributed by atoms with Gasteiger partial charge in [-0.25, -0.2) is 0 Å². The average Bonchev–Trinajstić information content (AvgIpc) is 1.97. The minimum atomic E-state index is -0.0885. The summed E-state index contributed by atoms with van der Waals surface area (Å²) in [6.45, 7) is 4.92. The number of hydrogen-bond acceptors (Lipinski definition) is 1. The Labute approximate surface area is 68.0 Å². The number of rotatable bonds is 0. The van der Waals surface area contributed by atoms with Gasteiger partial charge in [0.25, 0.3) is 0 Å². The van der Waals surface area contributed by atoms with E-state index in [0.29, 0.717) is 0 Å². The van der Waals surface area contributed by atoms with Crippen LogP contribution in [0.15, 0.2) is 0 Å². The molecule has 0 atom stereocenters. The summed E-state index contributed by atoms with van der Waals surface area (Å²) in [7, 11) is 1.86. The Balaban J connectivity index is 0.000000810. The highest BCUT2D eigenvalue weighted by atomic mass is 35.5. The van der Waals surface area contributed by atoms with E-state index in [1.54, 1.807) is 4.90 Å². The molecule has 1 saturated heterocycles. The second-order valence-electron chi connectivity index (χ2n) is 3.36. The van der Waals surface area contributed by atoms with Crippen molar-refractivity contribution in [2.24, 2.45) is 5.41 Å². The topological polar surface area (TPSA) is 20.3 Å². The van der Waals surface area contributed by atoms with Crippen LogP contribution < -0.4 is 0 Å². The summed E-state index contributed by atoms with van der Waals surface area (Å²) in [4.78, 5) is 12.9. The van der Waals surface area contributed by atoms with Gasteiger partial charge in [-0.05, 0) is 6.42 Å². The molecule has 3 heteroatoms. The molecule has 1 aliphatic rings. The molecular formula is C7H14ClNO. The molecule has 10 heavy (non-hydrogen) atoms. The quantitative estimate of drug-likeness (QED) is 0.527. The molecule has 60 valence electrons. The standard InChI is InChI=1S/C7H13NO.ClH/c1-7(2)4-5-8(3)6(7)9;/h4-5H2,1-3H3;1H. The maximum Gasteiger partial charge on any atom is 0.228 e. The van der Waals surface area contributed by atoms with Crippen LogP contribution in [0.25, 0.3) is 0 Å². The molecule has 0 aliphatic carbocycles. The zero-order valence-electron chi connectivity index (χ0n) is 6.68. The number of hydrogen-bond donors (Lipinski definition) is 0. The molecule has 1 rings (SSSR count). The van der Waals surface area contributed by atoms with Crippen molar-refractivity contribution in [3.63, 3.8) is 0 Å². The molecular weight excluding hydrogens is 150 g/mol. The van der Waals surface area contributed by atoms with Gasteiger partial charge < -0.3 is 4.90 Å². The Morgan fingerprint density at radius 2 is 2.00 bits per heavy atom. The van der Waals surface area contributed by atoms with Crippen LogP contribution in [0.4, 0.5) is 0 Å². The number of carbonyl (C=O) groups is 1. The number of nitrogens with zero attached hydrogens (tertiary/aromatic N) is 1. The van der Waals surface area contributed by atoms with Crippen LogP contribution in [-0.2, 0) is 4.79 Å². The number of carbonyl (C=O) groups excluding carboxylic acids is 1. The van der Waals surface area contributed by atoms with Gasteiger partial charge in [0.05, 0.1) is 0 Å². The highest BCUT2D eigenvalue weighted by Crippen LogP contribution is 2.28. The summed E-state index contributed by atoms with van der Waals surface area (Å²) in [5.74, 6) is 0.280. The van der Waals surface area contributed by atoms with Crippen LogP contribution in [0, 0.1) is 5.41 Å². The Kier molecular flexibility index (Phi) is 2.72. The summed E-state index contributed by atoms with van der Waals surface area (Å²) < 4.78 is 0. The lowest BCUT2D eigenvalue weighted by molar-refractivity contribution is -0.133. The molecule has 0 unspecified atom stereocenters. The van der Waals surface area contributed by atoms with E-state index >= 15 is 0 Å². The van der Waals surface area contributed by atoms with Crippen LogP contribution in [0.2, 0.25) is 0 Å². The first-order valence-electron chi connectivity index (χ1n) is 3.29. The Hall–Kier alpha value is -0.240. The maximum atomic E-state index is 11.2. The fraction of sp³-hybridized carbons (Fsp3) is 0.857. The van der Waals surface area contributed by atoms with Gasteiger partial charge in [0, 0.05) is 19.0 Å². The summed E-state index contributed by atoms with van der Waals surface area (Å²) in [5.41, 5.74) is -0.0885. The molecule has 0 saturated carbocycles. The van der Waals surface area contributed by atoms with E-state index in [-0.39, 0.29) is 23.7 Å². The summed E-state index contributed by atoms with van der Waals surface area (Å²) >= 11 is 0. The lowest BCUT2D eigenvalue weighted by Crippen LogP contribution is -2.27. The Morgan fingerprint density at radius 3 is 2.10 bits per heavy atom. The van der Waals surface area contributed by atoms with Crippen molar-refractivity contribution in [2.75, 3.05) is 13.6 Å². The summed E-state index contributed by atoms with van der Waals surface area (Å²) in [6.07, 6.45) is 1.00. The lowest BCUT2D eigenvalue weighted by Gasteiger charge is -2.14. The van der Waals surface area contributed by atoms with Gasteiger partial charge in [0.15, 0.2) is 0 Å². The predicted molar refractivity (Wildman–Crippen MR) is 43.3 cm³/mol. The van der Waals surface area contributed by atoms with E-state index in [9.17, 15) is 4.79 Å². The van der Waals surface area contributed by atoms with Gasteiger partial charge in [0.2, 0.25) is 5.91 Å². The zero-order valence-corrected chi connectivity index (χ0v) is 7.49. The van der Waals surface area contributed by atoms with E-state index in [0.717, 1.165) is 13.0 Å². The minimum Gasteiger partial charge on any atom is -0.345 e. The van der Waals surface area contributed by atoms with Crippen LogP contribution in [0.1, 0.15) is 20.3 Å². The lowest BCUT2D eigenvalue weighted by atomic mass is 9.92. The van der Waals surface area contributed by atoms with Crippen LogP contribution in [-0.4, -0.2) is 24.4 Å². The maximum absolute atomic E-state index is 11.2. The van der Waals surface area contributed by atoms with Crippen molar-refractivity contribution in [2.45, 2.75) is 20.3 Å². The van der Waals surface area contributed by atoms with Gasteiger partial charge in [-0.3, -0.25) is 4.79 Å². The highest BCUT2D eigenvalue weighted by molar-refractivity contribution is 5.85. The van der Waals surface area contributed by atoms with Gasteiger partial charge in [-0.1, -0.05) is 13.8 Å². The van der Waals surface area contributed by atoms with Crippen molar-refractivity contribution in [1.29, 1.82) is 0 Å². The van der Waals surface area contributed by atoms with Crippen molar-refractivity contribution in [1.82, 2.24) is 4.90 Å². The van der Waals surface area contributed by atoms with E-state index in [1.807, 2.05) is 20.9 Å².